The lowest BCUT2D eigenvalue weighted by molar-refractivity contribution is 0.901. The third kappa shape index (κ3) is 2.73. The fourth-order valence-corrected chi connectivity index (χ4v) is 1.42. The normalized spacial score (nSPS) is 10.3. The Hall–Kier alpha value is -2.04. The Balaban J connectivity index is 1.84. The van der Waals surface area contributed by atoms with Crippen LogP contribution in [0, 0.1) is 6.92 Å². The van der Waals surface area contributed by atoms with E-state index in [1.54, 1.807) is 0 Å². The summed E-state index contributed by atoms with van der Waals surface area (Å²) < 4.78 is 0. The third-order valence-electron chi connectivity index (χ3n) is 2.29. The van der Waals surface area contributed by atoms with Crippen LogP contribution in [0.15, 0.2) is 29.1 Å². The van der Waals surface area contributed by atoms with Crippen LogP contribution in [0.4, 0.5) is 5.69 Å². The van der Waals surface area contributed by atoms with Gasteiger partial charge in [0.05, 0.1) is 0 Å². The third-order valence-corrected chi connectivity index (χ3v) is 2.29. The molecule has 3 N–H and O–H groups in total. The van der Waals surface area contributed by atoms with E-state index in [2.05, 4.69) is 39.6 Å². The largest absolute Gasteiger partial charge is 0.385 e. The molecule has 0 atom stereocenters. The highest BCUT2D eigenvalue weighted by atomic mass is 16.1. The Morgan fingerprint density at radius 1 is 1.31 bits per heavy atom. The smallest absolute Gasteiger partial charge is 0.340 e. The summed E-state index contributed by atoms with van der Waals surface area (Å²) in [5.74, 6) is 0.671. The molecule has 2 rings (SSSR count). The lowest BCUT2D eigenvalue weighted by Crippen LogP contribution is -2.07. The molecular formula is C11H14N4O. The second kappa shape index (κ2) is 4.65. The number of rotatable bonds is 4. The molecule has 0 fully saturated rings. The molecule has 2 aromatic rings. The minimum Gasteiger partial charge on any atom is -0.385 e. The van der Waals surface area contributed by atoms with Crippen molar-refractivity contribution in [3.8, 4) is 0 Å². The number of H-pyrrole nitrogens is 2. The summed E-state index contributed by atoms with van der Waals surface area (Å²) in [6.45, 7) is 2.79. The summed E-state index contributed by atoms with van der Waals surface area (Å²) in [5.41, 5.74) is 2.05. The zero-order valence-electron chi connectivity index (χ0n) is 9.08. The van der Waals surface area contributed by atoms with Crippen LogP contribution in [0.5, 0.6) is 0 Å². The summed E-state index contributed by atoms with van der Waals surface area (Å²) in [4.78, 5) is 13.4. The molecule has 5 nitrogen and oxygen atoms in total. The van der Waals surface area contributed by atoms with Gasteiger partial charge in [-0.15, -0.1) is 0 Å². The van der Waals surface area contributed by atoms with Crippen LogP contribution in [0.25, 0.3) is 0 Å². The van der Waals surface area contributed by atoms with Gasteiger partial charge in [0, 0.05) is 18.7 Å². The van der Waals surface area contributed by atoms with Gasteiger partial charge < -0.3 is 5.32 Å². The van der Waals surface area contributed by atoms with Gasteiger partial charge in [-0.3, -0.25) is 4.98 Å². The van der Waals surface area contributed by atoms with Crippen molar-refractivity contribution in [2.45, 2.75) is 13.3 Å². The molecule has 0 spiro atoms. The Morgan fingerprint density at radius 2 is 2.06 bits per heavy atom. The molecule has 1 heterocycles. The number of aryl methyl sites for hydroxylation is 1. The Morgan fingerprint density at radius 3 is 2.69 bits per heavy atom. The van der Waals surface area contributed by atoms with Gasteiger partial charge in [0.15, 0.2) is 0 Å². The van der Waals surface area contributed by atoms with Crippen LogP contribution in [-0.4, -0.2) is 21.7 Å². The molecule has 0 unspecified atom stereocenters. The van der Waals surface area contributed by atoms with Crippen molar-refractivity contribution < 1.29 is 0 Å². The van der Waals surface area contributed by atoms with Gasteiger partial charge in [-0.1, -0.05) is 17.7 Å². The van der Waals surface area contributed by atoms with E-state index in [1.165, 1.54) is 5.56 Å². The van der Waals surface area contributed by atoms with Crippen LogP contribution in [0.1, 0.15) is 11.4 Å². The van der Waals surface area contributed by atoms with Crippen LogP contribution >= 0.6 is 0 Å². The fourth-order valence-electron chi connectivity index (χ4n) is 1.42. The molecule has 0 saturated heterocycles. The van der Waals surface area contributed by atoms with Gasteiger partial charge in [-0.25, -0.2) is 9.89 Å². The molecule has 1 aromatic heterocycles. The van der Waals surface area contributed by atoms with Crippen molar-refractivity contribution in [1.29, 1.82) is 0 Å². The highest BCUT2D eigenvalue weighted by Crippen LogP contribution is 2.07. The molecule has 16 heavy (non-hydrogen) atoms. The average Bonchev–Trinajstić information content (AvgIpc) is 2.67. The lowest BCUT2D eigenvalue weighted by Gasteiger charge is -2.04. The van der Waals surface area contributed by atoms with Gasteiger partial charge in [0.1, 0.15) is 5.82 Å². The molecule has 1 aromatic carbocycles. The standard InChI is InChI=1S/C11H14N4O/c1-8-2-4-9(5-3-8)12-7-6-10-13-11(16)15-14-10/h2-5,12H,6-7H2,1H3,(H2,13,14,15,16). The topological polar surface area (TPSA) is 73.6 Å². The van der Waals surface area contributed by atoms with Crippen molar-refractivity contribution >= 4 is 5.69 Å². The zero-order valence-corrected chi connectivity index (χ0v) is 9.08. The Bertz CT molecular complexity index is 497. The molecule has 5 heteroatoms. The van der Waals surface area contributed by atoms with Crippen molar-refractivity contribution in [3.63, 3.8) is 0 Å². The van der Waals surface area contributed by atoms with Crippen LogP contribution in [0.2, 0.25) is 0 Å². The van der Waals surface area contributed by atoms with E-state index in [9.17, 15) is 4.79 Å². The summed E-state index contributed by atoms with van der Waals surface area (Å²) >= 11 is 0. The number of nitrogens with zero attached hydrogens (tertiary/aromatic N) is 1. The van der Waals surface area contributed by atoms with Crippen molar-refractivity contribution in [3.05, 3.63) is 46.1 Å². The number of aromatic nitrogens is 3. The van der Waals surface area contributed by atoms with E-state index < -0.39 is 0 Å². The molecule has 0 saturated carbocycles. The van der Waals surface area contributed by atoms with Crippen LogP contribution in [-0.2, 0) is 6.42 Å². The molecule has 0 amide bonds. The number of hydrogen-bond donors (Lipinski definition) is 3. The summed E-state index contributed by atoms with van der Waals surface area (Å²) in [6.07, 6.45) is 0.687. The molecule has 84 valence electrons. The van der Waals surface area contributed by atoms with Gasteiger partial charge in [-0.2, -0.15) is 5.10 Å². The molecule has 0 aliphatic rings. The average molecular weight is 218 g/mol. The van der Waals surface area contributed by atoms with Crippen LogP contribution < -0.4 is 11.0 Å². The fraction of sp³-hybridized carbons (Fsp3) is 0.273. The van der Waals surface area contributed by atoms with E-state index in [4.69, 9.17) is 0 Å². The Labute approximate surface area is 92.9 Å². The number of benzene rings is 1. The van der Waals surface area contributed by atoms with Gasteiger partial charge in [-0.05, 0) is 19.1 Å². The van der Waals surface area contributed by atoms with E-state index in [-0.39, 0.29) is 5.69 Å². The van der Waals surface area contributed by atoms with Crippen molar-refractivity contribution in [1.82, 2.24) is 15.2 Å². The van der Waals surface area contributed by atoms with Crippen molar-refractivity contribution in [2.24, 2.45) is 0 Å². The first kappa shape index (κ1) is 10.5. The minimum absolute atomic E-state index is 0.259. The zero-order chi connectivity index (χ0) is 11.4. The van der Waals surface area contributed by atoms with E-state index in [1.807, 2.05) is 12.1 Å². The molecule has 0 radical (unpaired) electrons. The first-order valence-electron chi connectivity index (χ1n) is 5.18. The predicted octanol–water partition coefficient (Wildman–Crippen LogP) is 1.06. The molecular weight excluding hydrogens is 204 g/mol. The maximum atomic E-state index is 10.8. The summed E-state index contributed by atoms with van der Waals surface area (Å²) in [6, 6.07) is 8.17. The highest BCUT2D eigenvalue weighted by molar-refractivity contribution is 5.44. The first-order valence-corrected chi connectivity index (χ1v) is 5.18. The number of hydrogen-bond acceptors (Lipinski definition) is 3. The quantitative estimate of drug-likeness (QED) is 0.718. The van der Waals surface area contributed by atoms with Crippen molar-refractivity contribution in [2.75, 3.05) is 11.9 Å². The Kier molecular flexibility index (Phi) is 3.05. The minimum atomic E-state index is -0.259. The second-order valence-electron chi connectivity index (χ2n) is 3.67. The van der Waals surface area contributed by atoms with Gasteiger partial charge >= 0.3 is 5.69 Å². The van der Waals surface area contributed by atoms with Gasteiger partial charge in [0.2, 0.25) is 0 Å². The van der Waals surface area contributed by atoms with Gasteiger partial charge in [0.25, 0.3) is 0 Å². The number of anilines is 1. The lowest BCUT2D eigenvalue weighted by atomic mass is 10.2. The maximum absolute atomic E-state index is 10.8. The summed E-state index contributed by atoms with van der Waals surface area (Å²) in [7, 11) is 0. The van der Waals surface area contributed by atoms with E-state index in [0.29, 0.717) is 12.2 Å². The SMILES string of the molecule is Cc1ccc(NCCc2n[nH]c(=O)[nH]2)cc1. The number of nitrogens with one attached hydrogen (secondary N) is 3. The number of aromatic amines is 2. The molecule has 0 aliphatic heterocycles. The highest BCUT2D eigenvalue weighted by Gasteiger charge is 1.97. The second-order valence-corrected chi connectivity index (χ2v) is 3.67. The molecule has 0 bridgehead atoms. The van der Waals surface area contributed by atoms with E-state index >= 15 is 0 Å². The maximum Gasteiger partial charge on any atom is 0.340 e. The van der Waals surface area contributed by atoms with E-state index in [0.717, 1.165) is 12.2 Å². The predicted molar refractivity (Wildman–Crippen MR) is 62.6 cm³/mol. The van der Waals surface area contributed by atoms with Crippen LogP contribution in [0.3, 0.4) is 0 Å². The monoisotopic (exact) mass is 218 g/mol. The first-order chi connectivity index (χ1) is 7.74. The molecule has 0 aliphatic carbocycles. The summed E-state index contributed by atoms with van der Waals surface area (Å²) in [5, 5.41) is 9.42.